The van der Waals surface area contributed by atoms with E-state index in [1.54, 1.807) is 28.3 Å². The smallest absolute Gasteiger partial charge is 0.377 e. The molecule has 25 heavy (non-hydrogen) atoms. The van der Waals surface area contributed by atoms with E-state index in [-0.39, 0.29) is 16.4 Å². The van der Waals surface area contributed by atoms with Crippen LogP contribution in [-0.2, 0) is 18.1 Å². The van der Waals surface area contributed by atoms with Crippen molar-refractivity contribution < 1.29 is 18.1 Å². The first-order valence-corrected chi connectivity index (χ1v) is 12.2. The van der Waals surface area contributed by atoms with Crippen molar-refractivity contribution in [2.24, 2.45) is 5.41 Å². The van der Waals surface area contributed by atoms with Crippen LogP contribution in [0.4, 0.5) is 0 Å². The van der Waals surface area contributed by atoms with E-state index in [9.17, 15) is 4.79 Å². The number of rotatable bonds is 11. The maximum atomic E-state index is 11.9. The van der Waals surface area contributed by atoms with Gasteiger partial charge in [-0.15, -0.1) is 0 Å². The Hall–Kier alpha value is -0.143. The summed E-state index contributed by atoms with van der Waals surface area (Å²) in [4.78, 5) is 11.9. The van der Waals surface area contributed by atoms with E-state index in [0.717, 1.165) is 18.2 Å². The minimum absolute atomic E-state index is 0.194. The molecule has 0 saturated heterocycles. The lowest BCUT2D eigenvalue weighted by atomic mass is 9.71. The average molecular weight is 389 g/mol. The van der Waals surface area contributed by atoms with Crippen LogP contribution in [0.1, 0.15) is 59.8 Å². The molecule has 0 heterocycles. The van der Waals surface area contributed by atoms with Crippen LogP contribution in [0.2, 0.25) is 6.04 Å². The molecular weight excluding hydrogens is 352 g/mol. The van der Waals surface area contributed by atoms with E-state index in [0.29, 0.717) is 6.42 Å². The average Bonchev–Trinajstić information content (AvgIpc) is 2.54. The van der Waals surface area contributed by atoms with Crippen LogP contribution in [-0.4, -0.2) is 46.9 Å². The molecule has 6 heteroatoms. The molecule has 0 aromatic rings. The fourth-order valence-corrected chi connectivity index (χ4v) is 7.54. The van der Waals surface area contributed by atoms with Crippen LogP contribution in [0, 0.1) is 5.41 Å². The normalized spacial score (nSPS) is 19.2. The summed E-state index contributed by atoms with van der Waals surface area (Å²) in [6.07, 6.45) is 5.22. The molecule has 146 valence electrons. The highest BCUT2D eigenvalue weighted by Crippen LogP contribution is 2.46. The zero-order valence-electron chi connectivity index (χ0n) is 17.1. The number of thioether (sulfide) groups is 1. The molecule has 1 aliphatic carbocycles. The van der Waals surface area contributed by atoms with Crippen molar-refractivity contribution in [3.63, 3.8) is 0 Å². The number of hydrogen-bond donors (Lipinski definition) is 0. The molecule has 1 rings (SSSR count). The second-order valence-corrected chi connectivity index (χ2v) is 12.0. The molecule has 0 aromatic carbocycles. The highest BCUT2D eigenvalue weighted by Gasteiger charge is 2.38. The number of carbonyl (C=O) groups excluding carboxylic acids is 1. The van der Waals surface area contributed by atoms with Crippen molar-refractivity contribution in [1.82, 2.24) is 0 Å². The predicted molar refractivity (Wildman–Crippen MR) is 108 cm³/mol. The molecule has 0 N–H and O–H groups in total. The first kappa shape index (κ1) is 22.9. The van der Waals surface area contributed by atoms with Gasteiger partial charge in [-0.3, -0.25) is 4.79 Å². The summed E-state index contributed by atoms with van der Waals surface area (Å²) in [6, 6.07) is 0.803. The molecule has 0 spiro atoms. The summed E-state index contributed by atoms with van der Waals surface area (Å²) < 4.78 is 16.5. The number of hydrogen-bond acceptors (Lipinski definition) is 5. The minimum atomic E-state index is -2.50. The van der Waals surface area contributed by atoms with Gasteiger partial charge < -0.3 is 13.3 Å². The first-order valence-electron chi connectivity index (χ1n) is 9.18. The third-order valence-electron chi connectivity index (χ3n) is 5.22. The van der Waals surface area contributed by atoms with Crippen LogP contribution in [0.25, 0.3) is 0 Å². The zero-order valence-corrected chi connectivity index (χ0v) is 18.9. The summed E-state index contributed by atoms with van der Waals surface area (Å²) in [5.41, 5.74) is 3.19. The maximum absolute atomic E-state index is 11.9. The van der Waals surface area contributed by atoms with E-state index in [1.807, 2.05) is 11.8 Å². The van der Waals surface area contributed by atoms with Crippen molar-refractivity contribution >= 4 is 26.3 Å². The van der Waals surface area contributed by atoms with Crippen LogP contribution >= 0.6 is 11.8 Å². The van der Waals surface area contributed by atoms with Gasteiger partial charge in [0.2, 0.25) is 0 Å². The molecular formula is C19H36O4SSi. The third-order valence-corrected chi connectivity index (χ3v) is 9.38. The Kier molecular flexibility index (Phi) is 9.40. The predicted octanol–water partition coefficient (Wildman–Crippen LogP) is 4.86. The monoisotopic (exact) mass is 388 g/mol. The zero-order chi connectivity index (χ0) is 19.1. The van der Waals surface area contributed by atoms with Gasteiger partial charge in [0.05, 0.1) is 0 Å². The van der Waals surface area contributed by atoms with Gasteiger partial charge in [0.15, 0.2) is 0 Å². The topological polar surface area (TPSA) is 44.8 Å². The first-order chi connectivity index (χ1) is 11.7. The van der Waals surface area contributed by atoms with Crippen molar-refractivity contribution in [3.05, 3.63) is 11.1 Å². The Balaban J connectivity index is 2.76. The summed E-state index contributed by atoms with van der Waals surface area (Å²) in [7, 11) is 2.47. The fourth-order valence-electron chi connectivity index (χ4n) is 3.93. The molecule has 0 amide bonds. The van der Waals surface area contributed by atoms with Crippen LogP contribution < -0.4 is 0 Å². The van der Waals surface area contributed by atoms with E-state index in [1.165, 1.54) is 30.4 Å². The fraction of sp³-hybridized carbons (Fsp3) is 0.842. The molecule has 0 fully saturated rings. The Labute approximate surface area is 159 Å². The van der Waals surface area contributed by atoms with Gasteiger partial charge in [0.1, 0.15) is 5.78 Å². The highest BCUT2D eigenvalue weighted by atomic mass is 32.2. The number of ketones is 1. The van der Waals surface area contributed by atoms with Crippen molar-refractivity contribution in [2.75, 3.05) is 27.1 Å². The van der Waals surface area contributed by atoms with Gasteiger partial charge in [0, 0.05) is 39.0 Å². The van der Waals surface area contributed by atoms with Crippen LogP contribution in [0.3, 0.4) is 0 Å². The highest BCUT2D eigenvalue weighted by molar-refractivity contribution is 8.00. The number of allylic oxidation sites excluding steroid dienone is 1. The maximum Gasteiger partial charge on any atom is 0.500 e. The summed E-state index contributed by atoms with van der Waals surface area (Å²) in [5, 5.41) is 0.288. The SMILES string of the molecule is CO[Si](CCCSC(CC(C)=O)C1=C(C)CCCC1(C)C)(OC)OC. The number of Topliss-reactive ketones (excluding diaryl/α,β-unsaturated/α-hetero) is 1. The van der Waals surface area contributed by atoms with E-state index in [4.69, 9.17) is 13.3 Å². The molecule has 0 bridgehead atoms. The van der Waals surface area contributed by atoms with Crippen LogP contribution in [0.5, 0.6) is 0 Å². The summed E-state index contributed by atoms with van der Waals surface area (Å²) in [5.74, 6) is 1.25. The van der Waals surface area contributed by atoms with Crippen LogP contribution in [0.15, 0.2) is 11.1 Å². The van der Waals surface area contributed by atoms with E-state index >= 15 is 0 Å². The Morgan fingerprint density at radius 1 is 1.24 bits per heavy atom. The quantitative estimate of drug-likeness (QED) is 0.287. The molecule has 1 atom stereocenters. The summed E-state index contributed by atoms with van der Waals surface area (Å²) >= 11 is 1.91. The lowest BCUT2D eigenvalue weighted by Crippen LogP contribution is -2.42. The third kappa shape index (κ3) is 6.51. The Morgan fingerprint density at radius 3 is 2.32 bits per heavy atom. The van der Waals surface area contributed by atoms with E-state index < -0.39 is 8.80 Å². The molecule has 0 radical (unpaired) electrons. The second-order valence-electron chi connectivity index (χ2n) is 7.60. The lowest BCUT2D eigenvalue weighted by molar-refractivity contribution is -0.116. The molecule has 0 aliphatic heterocycles. The van der Waals surface area contributed by atoms with Crippen molar-refractivity contribution in [2.45, 2.75) is 71.1 Å². The molecule has 0 saturated carbocycles. The van der Waals surface area contributed by atoms with E-state index in [2.05, 4.69) is 20.8 Å². The van der Waals surface area contributed by atoms with Gasteiger partial charge in [-0.1, -0.05) is 25.0 Å². The van der Waals surface area contributed by atoms with Crippen molar-refractivity contribution in [3.8, 4) is 0 Å². The standard InChI is InChI=1S/C19H36O4SSi/c1-15-10-8-11-19(3,4)18(15)17(14-16(2)20)24-12-9-13-25(21-5,22-6)23-7/h17H,8-14H2,1-7H3. The van der Waals surface area contributed by atoms with Gasteiger partial charge in [-0.25, -0.2) is 0 Å². The van der Waals surface area contributed by atoms with Gasteiger partial charge in [0.25, 0.3) is 0 Å². The molecule has 1 aliphatic rings. The molecule has 4 nitrogen and oxygen atoms in total. The van der Waals surface area contributed by atoms with Gasteiger partial charge in [-0.05, 0) is 50.7 Å². The Bertz CT molecular complexity index is 464. The number of carbonyl (C=O) groups is 1. The molecule has 1 unspecified atom stereocenters. The molecule has 0 aromatic heterocycles. The van der Waals surface area contributed by atoms with Gasteiger partial charge in [-0.2, -0.15) is 11.8 Å². The minimum Gasteiger partial charge on any atom is -0.377 e. The Morgan fingerprint density at radius 2 is 1.84 bits per heavy atom. The second kappa shape index (κ2) is 10.3. The van der Waals surface area contributed by atoms with Crippen molar-refractivity contribution in [1.29, 1.82) is 0 Å². The lowest BCUT2D eigenvalue weighted by Gasteiger charge is -2.39. The largest absolute Gasteiger partial charge is 0.500 e. The van der Waals surface area contributed by atoms with Gasteiger partial charge >= 0.3 is 8.80 Å². The summed E-state index contributed by atoms with van der Waals surface area (Å²) in [6.45, 7) is 8.62.